The van der Waals surface area contributed by atoms with E-state index in [9.17, 15) is 0 Å². The van der Waals surface area contributed by atoms with Crippen molar-refractivity contribution in [1.29, 1.82) is 0 Å². The number of hydrogen-bond donors (Lipinski definition) is 2. The molecule has 4 heteroatoms. The number of nitrogens with two attached hydrogens (primary N) is 1. The summed E-state index contributed by atoms with van der Waals surface area (Å²) in [5.74, 6) is 3.03. The fraction of sp³-hybridized carbons (Fsp3) is 0.538. The first kappa shape index (κ1) is 13.2. The Balaban J connectivity index is 2.18. The van der Waals surface area contributed by atoms with Gasteiger partial charge in [0.2, 0.25) is 0 Å². The minimum Gasteiger partial charge on any atom is -0.394 e. The van der Waals surface area contributed by atoms with Crippen LogP contribution in [0, 0.1) is 0 Å². The van der Waals surface area contributed by atoms with E-state index in [1.165, 1.54) is 29.9 Å². The maximum Gasteiger partial charge on any atom is 0.0624 e. The molecule has 0 aromatic heterocycles. The van der Waals surface area contributed by atoms with Crippen LogP contribution >= 0.6 is 23.4 Å². The van der Waals surface area contributed by atoms with Crippen LogP contribution in [0.3, 0.4) is 0 Å². The van der Waals surface area contributed by atoms with Crippen LogP contribution in [0.1, 0.15) is 35.9 Å². The van der Waals surface area contributed by atoms with E-state index >= 15 is 0 Å². The van der Waals surface area contributed by atoms with Crippen LogP contribution in [-0.2, 0) is 0 Å². The second-order valence-corrected chi connectivity index (χ2v) is 6.09. The van der Waals surface area contributed by atoms with Crippen molar-refractivity contribution in [2.45, 2.75) is 24.8 Å². The van der Waals surface area contributed by atoms with Gasteiger partial charge in [0, 0.05) is 5.02 Å². The van der Waals surface area contributed by atoms with Gasteiger partial charge in [-0.1, -0.05) is 23.7 Å². The summed E-state index contributed by atoms with van der Waals surface area (Å²) in [6, 6.07) is 5.64. The largest absolute Gasteiger partial charge is 0.394 e. The molecule has 0 radical (unpaired) electrons. The van der Waals surface area contributed by atoms with Gasteiger partial charge in [-0.25, -0.2) is 0 Å². The minimum atomic E-state index is -0.330. The van der Waals surface area contributed by atoms with Crippen LogP contribution in [-0.4, -0.2) is 23.2 Å². The number of aliphatic hydroxyl groups excluding tert-OH is 1. The van der Waals surface area contributed by atoms with Crippen LogP contribution in [0.15, 0.2) is 18.2 Å². The topological polar surface area (TPSA) is 46.2 Å². The highest BCUT2D eigenvalue weighted by Gasteiger charge is 2.19. The highest BCUT2D eigenvalue weighted by atomic mass is 35.5. The Hall–Kier alpha value is -0.220. The maximum absolute atomic E-state index is 9.03. The highest BCUT2D eigenvalue weighted by Crippen LogP contribution is 2.36. The summed E-state index contributed by atoms with van der Waals surface area (Å²) in [5.41, 5.74) is 7.93. The van der Waals surface area contributed by atoms with Crippen LogP contribution < -0.4 is 5.73 Å². The second-order valence-electron chi connectivity index (χ2n) is 4.46. The van der Waals surface area contributed by atoms with E-state index in [4.69, 9.17) is 22.4 Å². The first-order chi connectivity index (χ1) is 8.22. The van der Waals surface area contributed by atoms with Crippen molar-refractivity contribution in [3.63, 3.8) is 0 Å². The Labute approximate surface area is 112 Å². The van der Waals surface area contributed by atoms with Gasteiger partial charge >= 0.3 is 0 Å². The van der Waals surface area contributed by atoms with Crippen molar-refractivity contribution in [2.24, 2.45) is 5.73 Å². The van der Waals surface area contributed by atoms with Crippen molar-refractivity contribution in [2.75, 3.05) is 18.1 Å². The molecule has 0 aliphatic carbocycles. The van der Waals surface area contributed by atoms with E-state index in [0.717, 1.165) is 10.6 Å². The van der Waals surface area contributed by atoms with Crippen LogP contribution in [0.25, 0.3) is 0 Å². The van der Waals surface area contributed by atoms with Gasteiger partial charge in [-0.05, 0) is 47.5 Å². The number of halogens is 1. The molecule has 0 amide bonds. The molecule has 0 saturated carbocycles. The lowest BCUT2D eigenvalue weighted by Gasteiger charge is -2.23. The third-order valence-corrected chi connectivity index (χ3v) is 4.69. The normalized spacial score (nSPS) is 19.2. The molecule has 1 atom stereocenters. The molecule has 94 valence electrons. The highest BCUT2D eigenvalue weighted by molar-refractivity contribution is 7.99. The molecule has 1 aliphatic rings. The van der Waals surface area contributed by atoms with Gasteiger partial charge in [0.05, 0.1) is 12.6 Å². The third-order valence-electron chi connectivity index (χ3n) is 3.31. The van der Waals surface area contributed by atoms with Crippen molar-refractivity contribution in [3.05, 3.63) is 34.3 Å². The Morgan fingerprint density at radius 2 is 2.12 bits per heavy atom. The van der Waals surface area contributed by atoms with Crippen molar-refractivity contribution >= 4 is 23.4 Å². The molecule has 1 unspecified atom stereocenters. The average molecular weight is 272 g/mol. The van der Waals surface area contributed by atoms with Gasteiger partial charge in [-0.2, -0.15) is 11.8 Å². The third kappa shape index (κ3) is 3.16. The minimum absolute atomic E-state index is 0.0459. The van der Waals surface area contributed by atoms with Gasteiger partial charge in [0.1, 0.15) is 0 Å². The van der Waals surface area contributed by atoms with E-state index < -0.39 is 0 Å². The Kier molecular flexibility index (Phi) is 4.74. The predicted molar refractivity (Wildman–Crippen MR) is 74.8 cm³/mol. The van der Waals surface area contributed by atoms with Crippen molar-refractivity contribution < 1.29 is 5.11 Å². The maximum atomic E-state index is 9.03. The summed E-state index contributed by atoms with van der Waals surface area (Å²) in [5, 5.41) is 9.82. The van der Waals surface area contributed by atoms with Gasteiger partial charge in [0.25, 0.3) is 0 Å². The number of benzene rings is 1. The molecular weight excluding hydrogens is 254 g/mol. The Morgan fingerprint density at radius 1 is 1.41 bits per heavy atom. The zero-order valence-corrected chi connectivity index (χ0v) is 11.3. The number of thioether (sulfide) groups is 1. The van der Waals surface area contributed by atoms with Crippen LogP contribution in [0.2, 0.25) is 5.02 Å². The first-order valence-electron chi connectivity index (χ1n) is 5.96. The molecule has 17 heavy (non-hydrogen) atoms. The average Bonchev–Trinajstić information content (AvgIpc) is 2.38. The summed E-state index contributed by atoms with van der Waals surface area (Å²) in [6.07, 6.45) is 2.41. The summed E-state index contributed by atoms with van der Waals surface area (Å²) < 4.78 is 0. The number of hydrogen-bond acceptors (Lipinski definition) is 3. The standard InChI is InChI=1S/C13H18ClNOS/c14-12-7-10(13(15)8-16)1-2-11(12)9-3-5-17-6-4-9/h1-2,7,9,13,16H,3-6,8,15H2. The van der Waals surface area contributed by atoms with E-state index in [0.29, 0.717) is 5.92 Å². The number of aliphatic hydroxyl groups is 1. The summed E-state index contributed by atoms with van der Waals surface area (Å²) in [7, 11) is 0. The molecule has 2 nitrogen and oxygen atoms in total. The van der Waals surface area contributed by atoms with Gasteiger partial charge in [-0.15, -0.1) is 0 Å². The SMILES string of the molecule is NC(CO)c1ccc(C2CCSCC2)c(Cl)c1. The van der Waals surface area contributed by atoms with Crippen molar-refractivity contribution in [1.82, 2.24) is 0 Å². The monoisotopic (exact) mass is 271 g/mol. The molecule has 2 rings (SSSR count). The van der Waals surface area contributed by atoms with Crippen LogP contribution in [0.5, 0.6) is 0 Å². The summed E-state index contributed by atoms with van der Waals surface area (Å²) in [4.78, 5) is 0. The van der Waals surface area contributed by atoms with Crippen molar-refractivity contribution in [3.8, 4) is 0 Å². The predicted octanol–water partition coefficient (Wildman–Crippen LogP) is 2.94. The molecule has 1 aromatic carbocycles. The van der Waals surface area contributed by atoms with Crippen LogP contribution in [0.4, 0.5) is 0 Å². The van der Waals surface area contributed by atoms with Gasteiger partial charge in [0.15, 0.2) is 0 Å². The number of rotatable bonds is 3. The smallest absolute Gasteiger partial charge is 0.0624 e. The summed E-state index contributed by atoms with van der Waals surface area (Å²) in [6.45, 7) is -0.0459. The van der Waals surface area contributed by atoms with E-state index in [2.05, 4.69) is 6.07 Å². The Bertz CT molecular complexity index is 380. The molecule has 0 bridgehead atoms. The van der Waals surface area contributed by atoms with Gasteiger partial charge in [-0.3, -0.25) is 0 Å². The zero-order valence-electron chi connectivity index (χ0n) is 9.73. The molecule has 1 aromatic rings. The Morgan fingerprint density at radius 3 is 2.71 bits per heavy atom. The lowest BCUT2D eigenvalue weighted by atomic mass is 9.92. The molecule has 1 fully saturated rings. The molecule has 1 heterocycles. The molecular formula is C13H18ClNOS. The molecule has 0 spiro atoms. The summed E-state index contributed by atoms with van der Waals surface area (Å²) >= 11 is 8.33. The lowest BCUT2D eigenvalue weighted by molar-refractivity contribution is 0.268. The second kappa shape index (κ2) is 6.10. The lowest BCUT2D eigenvalue weighted by Crippen LogP contribution is -2.15. The fourth-order valence-corrected chi connectivity index (χ4v) is 3.67. The molecule has 1 saturated heterocycles. The van der Waals surface area contributed by atoms with E-state index in [-0.39, 0.29) is 12.6 Å². The zero-order chi connectivity index (χ0) is 12.3. The quantitative estimate of drug-likeness (QED) is 0.889. The molecule has 1 aliphatic heterocycles. The molecule has 3 N–H and O–H groups in total. The first-order valence-corrected chi connectivity index (χ1v) is 7.49. The van der Waals surface area contributed by atoms with Gasteiger partial charge < -0.3 is 10.8 Å². The fourth-order valence-electron chi connectivity index (χ4n) is 2.22. The van der Waals surface area contributed by atoms with E-state index in [1.807, 2.05) is 23.9 Å². The van der Waals surface area contributed by atoms with E-state index in [1.54, 1.807) is 0 Å².